The fourth-order valence-corrected chi connectivity index (χ4v) is 5.43. The van der Waals surface area contributed by atoms with E-state index < -0.39 is 16.3 Å². The molecule has 8 nitrogen and oxygen atoms in total. The molecular weight excluding hydrogens is 454 g/mol. The normalized spacial score (nSPS) is 13.9. The van der Waals surface area contributed by atoms with Gasteiger partial charge in [0.25, 0.3) is 10.0 Å². The summed E-state index contributed by atoms with van der Waals surface area (Å²) in [5.41, 5.74) is 4.05. The van der Waals surface area contributed by atoms with Crippen LogP contribution in [0.2, 0.25) is 0 Å². The van der Waals surface area contributed by atoms with Crippen LogP contribution >= 0.6 is 0 Å². The second-order valence-electron chi connectivity index (χ2n) is 8.35. The zero-order valence-corrected chi connectivity index (χ0v) is 19.2. The third-order valence-corrected chi connectivity index (χ3v) is 7.36. The maximum absolute atomic E-state index is 13.7. The number of nitrogens with zero attached hydrogens (tertiary/aromatic N) is 2. The molecule has 0 radical (unpaired) electrons. The minimum absolute atomic E-state index is 0.0456. The molecule has 0 spiro atoms. The smallest absolute Gasteiger partial charge is 0.262 e. The van der Waals surface area contributed by atoms with Crippen LogP contribution in [0.1, 0.15) is 41.9 Å². The van der Waals surface area contributed by atoms with E-state index in [0.29, 0.717) is 22.6 Å². The van der Waals surface area contributed by atoms with Gasteiger partial charge < -0.3 is 14.7 Å². The van der Waals surface area contributed by atoms with Gasteiger partial charge in [0.1, 0.15) is 5.76 Å². The first kappa shape index (κ1) is 22.3. The predicted molar refractivity (Wildman–Crippen MR) is 126 cm³/mol. The van der Waals surface area contributed by atoms with Crippen LogP contribution in [0.15, 0.2) is 76.5 Å². The summed E-state index contributed by atoms with van der Waals surface area (Å²) < 4.78 is 35.2. The fraction of sp³-hybridized carbons (Fsp3) is 0.200. The summed E-state index contributed by atoms with van der Waals surface area (Å²) in [7, 11) is -4.06. The van der Waals surface area contributed by atoms with Crippen molar-refractivity contribution in [1.29, 1.82) is 0 Å². The zero-order valence-electron chi connectivity index (χ0n) is 18.3. The minimum Gasteiger partial charge on any atom is -0.364 e. The van der Waals surface area contributed by atoms with E-state index in [0.717, 1.165) is 29.5 Å². The first-order chi connectivity index (χ1) is 16.3. The Morgan fingerprint density at radius 2 is 1.85 bits per heavy atom. The van der Waals surface area contributed by atoms with E-state index in [4.69, 9.17) is 4.52 Å². The van der Waals surface area contributed by atoms with Crippen LogP contribution in [0.25, 0.3) is 22.3 Å². The molecule has 3 N–H and O–H groups in total. The van der Waals surface area contributed by atoms with Crippen molar-refractivity contribution in [3.8, 4) is 22.3 Å². The first-order valence-electron chi connectivity index (χ1n) is 10.8. The van der Waals surface area contributed by atoms with Gasteiger partial charge in [-0.3, -0.25) is 9.71 Å². The van der Waals surface area contributed by atoms with Gasteiger partial charge in [0.05, 0.1) is 16.8 Å². The van der Waals surface area contributed by atoms with Crippen molar-refractivity contribution in [2.45, 2.75) is 36.9 Å². The third-order valence-electron chi connectivity index (χ3n) is 5.94. The van der Waals surface area contributed by atoms with E-state index in [1.165, 1.54) is 6.07 Å². The van der Waals surface area contributed by atoms with Crippen LogP contribution in [0.3, 0.4) is 0 Å². The Labute approximate surface area is 197 Å². The van der Waals surface area contributed by atoms with Gasteiger partial charge in [-0.2, -0.15) is 0 Å². The lowest BCUT2D eigenvalue weighted by molar-refractivity contribution is -0.0426. The highest BCUT2D eigenvalue weighted by molar-refractivity contribution is 7.92. The molecule has 5 rings (SSSR count). The number of sulfonamides is 1. The summed E-state index contributed by atoms with van der Waals surface area (Å²) in [5, 5.41) is 23.1. The highest BCUT2D eigenvalue weighted by atomic mass is 32.2. The van der Waals surface area contributed by atoms with Crippen molar-refractivity contribution in [3.05, 3.63) is 84.0 Å². The van der Waals surface area contributed by atoms with Crippen LogP contribution in [0, 0.1) is 6.92 Å². The highest BCUT2D eigenvalue weighted by Gasteiger charge is 2.31. The SMILES string of the molecule is Cc1oncc1-c1ccc(-c2cccnc2)c(NS(=O)(=O)c2cc(C(O)O)ccc2C2CC2)c1. The Bertz CT molecular complexity index is 1440. The summed E-state index contributed by atoms with van der Waals surface area (Å²) in [6.07, 6.45) is 4.92. The monoisotopic (exact) mass is 477 g/mol. The van der Waals surface area contributed by atoms with Crippen LogP contribution in [-0.2, 0) is 10.0 Å². The third kappa shape index (κ3) is 4.33. The quantitative estimate of drug-likeness (QED) is 0.337. The molecule has 4 aromatic rings. The molecule has 0 saturated heterocycles. The van der Waals surface area contributed by atoms with Crippen molar-refractivity contribution < 1.29 is 23.2 Å². The first-order valence-corrected chi connectivity index (χ1v) is 12.3. The molecule has 1 aliphatic rings. The number of pyridine rings is 1. The number of hydrogen-bond acceptors (Lipinski definition) is 7. The minimum atomic E-state index is -4.06. The number of aryl methyl sites for hydroxylation is 1. The van der Waals surface area contributed by atoms with Crippen molar-refractivity contribution >= 4 is 15.7 Å². The van der Waals surface area contributed by atoms with Crippen LogP contribution in [0.5, 0.6) is 0 Å². The van der Waals surface area contributed by atoms with Gasteiger partial charge in [-0.15, -0.1) is 0 Å². The van der Waals surface area contributed by atoms with E-state index in [1.807, 2.05) is 18.2 Å². The second-order valence-corrected chi connectivity index (χ2v) is 10.00. The number of anilines is 1. The van der Waals surface area contributed by atoms with Gasteiger partial charge in [-0.05, 0) is 55.0 Å². The zero-order chi connectivity index (χ0) is 23.9. The molecule has 0 unspecified atom stereocenters. The van der Waals surface area contributed by atoms with E-state index in [9.17, 15) is 18.6 Å². The molecule has 0 aliphatic heterocycles. The summed E-state index contributed by atoms with van der Waals surface area (Å²) in [5.74, 6) is 0.754. The van der Waals surface area contributed by atoms with Gasteiger partial charge in [0, 0.05) is 34.6 Å². The van der Waals surface area contributed by atoms with Crippen molar-refractivity contribution in [2.75, 3.05) is 4.72 Å². The van der Waals surface area contributed by atoms with Gasteiger partial charge in [-0.25, -0.2) is 8.42 Å². The van der Waals surface area contributed by atoms with Gasteiger partial charge >= 0.3 is 0 Å². The molecule has 2 heterocycles. The Balaban J connectivity index is 1.63. The molecule has 2 aromatic carbocycles. The molecule has 0 bridgehead atoms. The number of aliphatic hydroxyl groups is 2. The van der Waals surface area contributed by atoms with Gasteiger partial charge in [0.2, 0.25) is 0 Å². The summed E-state index contributed by atoms with van der Waals surface area (Å²) in [4.78, 5) is 4.21. The maximum atomic E-state index is 13.7. The lowest BCUT2D eigenvalue weighted by Crippen LogP contribution is -2.16. The molecule has 34 heavy (non-hydrogen) atoms. The molecule has 9 heteroatoms. The van der Waals surface area contributed by atoms with Crippen LogP contribution < -0.4 is 4.72 Å². The van der Waals surface area contributed by atoms with E-state index in [-0.39, 0.29) is 16.4 Å². The van der Waals surface area contributed by atoms with E-state index in [1.54, 1.807) is 49.8 Å². The standard InChI is InChI=1S/C25H23N3O5S/c1-15-22(14-27-33-15)17-6-8-20(19-3-2-10-26-13-19)23(11-17)28-34(31,32)24-12-18(25(29)30)7-9-21(24)16-4-5-16/h2-3,6-14,16,25,28-30H,4-5H2,1H3. The molecule has 1 saturated carbocycles. The number of aromatic nitrogens is 2. The predicted octanol–water partition coefficient (Wildman–Crippen LogP) is 4.37. The van der Waals surface area contributed by atoms with Gasteiger partial charge in [0.15, 0.2) is 6.29 Å². The van der Waals surface area contributed by atoms with Crippen molar-refractivity contribution in [3.63, 3.8) is 0 Å². The fourth-order valence-electron chi connectivity index (χ4n) is 4.02. The summed E-state index contributed by atoms with van der Waals surface area (Å²) in [6, 6.07) is 13.6. The summed E-state index contributed by atoms with van der Waals surface area (Å²) in [6.45, 7) is 1.79. The molecule has 0 amide bonds. The molecule has 1 aliphatic carbocycles. The lowest BCUT2D eigenvalue weighted by atomic mass is 10.00. The lowest BCUT2D eigenvalue weighted by Gasteiger charge is -2.17. The van der Waals surface area contributed by atoms with Crippen molar-refractivity contribution in [1.82, 2.24) is 10.1 Å². The summed E-state index contributed by atoms with van der Waals surface area (Å²) >= 11 is 0. The number of hydrogen-bond donors (Lipinski definition) is 3. The largest absolute Gasteiger partial charge is 0.364 e. The van der Waals surface area contributed by atoms with E-state index in [2.05, 4.69) is 14.9 Å². The maximum Gasteiger partial charge on any atom is 0.262 e. The Kier molecular flexibility index (Phi) is 5.68. The van der Waals surface area contributed by atoms with Gasteiger partial charge in [-0.1, -0.05) is 35.5 Å². The number of benzene rings is 2. The number of nitrogens with one attached hydrogen (secondary N) is 1. The molecule has 0 atom stereocenters. The number of aliphatic hydroxyl groups excluding tert-OH is 1. The molecular formula is C25H23N3O5S. The molecule has 2 aromatic heterocycles. The van der Waals surface area contributed by atoms with Crippen LogP contribution in [-0.4, -0.2) is 28.8 Å². The average Bonchev–Trinajstić information content (AvgIpc) is 3.59. The highest BCUT2D eigenvalue weighted by Crippen LogP contribution is 2.44. The Morgan fingerprint density at radius 3 is 2.50 bits per heavy atom. The Morgan fingerprint density at radius 1 is 1.03 bits per heavy atom. The topological polar surface area (TPSA) is 126 Å². The molecule has 174 valence electrons. The van der Waals surface area contributed by atoms with E-state index >= 15 is 0 Å². The average molecular weight is 478 g/mol. The second kappa shape index (κ2) is 8.68. The van der Waals surface area contributed by atoms with Crippen LogP contribution in [0.4, 0.5) is 5.69 Å². The Hall–Kier alpha value is -3.53. The van der Waals surface area contributed by atoms with Crippen molar-refractivity contribution in [2.24, 2.45) is 0 Å². The molecule has 1 fully saturated rings. The number of rotatable bonds is 7.